The van der Waals surface area contributed by atoms with Gasteiger partial charge in [-0.15, -0.1) is 0 Å². The first-order chi connectivity index (χ1) is 11.5. The first-order valence-corrected chi connectivity index (χ1v) is 8.62. The van der Waals surface area contributed by atoms with E-state index in [0.29, 0.717) is 19.2 Å². The maximum absolute atomic E-state index is 10.4. The minimum atomic E-state index is -0.516. The van der Waals surface area contributed by atoms with Crippen molar-refractivity contribution in [1.82, 2.24) is 4.90 Å². The lowest BCUT2D eigenvalue weighted by atomic mass is 10.1. The molecule has 2 aromatic rings. The fourth-order valence-corrected chi connectivity index (χ4v) is 2.61. The SMILES string of the molecule is Cc1ccc(CN(C[C@@H](O)COc2ccccc2C)C(C)C)cc1. The van der Waals surface area contributed by atoms with Gasteiger partial charge in [-0.25, -0.2) is 0 Å². The number of hydrogen-bond acceptors (Lipinski definition) is 3. The molecule has 1 N–H and O–H groups in total. The highest BCUT2D eigenvalue weighted by atomic mass is 16.5. The van der Waals surface area contributed by atoms with Gasteiger partial charge >= 0.3 is 0 Å². The van der Waals surface area contributed by atoms with Crippen molar-refractivity contribution in [3.05, 3.63) is 65.2 Å². The third-order valence-electron chi connectivity index (χ3n) is 4.21. The Hall–Kier alpha value is -1.84. The summed E-state index contributed by atoms with van der Waals surface area (Å²) in [5.41, 5.74) is 3.62. The molecule has 2 rings (SSSR count). The molecular weight excluding hydrogens is 298 g/mol. The molecule has 24 heavy (non-hydrogen) atoms. The maximum Gasteiger partial charge on any atom is 0.122 e. The first-order valence-electron chi connectivity index (χ1n) is 8.62. The zero-order valence-electron chi connectivity index (χ0n) is 15.2. The molecule has 0 spiro atoms. The van der Waals surface area contributed by atoms with E-state index in [2.05, 4.69) is 49.9 Å². The van der Waals surface area contributed by atoms with Crippen LogP contribution in [0.1, 0.15) is 30.5 Å². The molecule has 1 atom stereocenters. The van der Waals surface area contributed by atoms with Crippen LogP contribution in [0.4, 0.5) is 0 Å². The van der Waals surface area contributed by atoms with Crippen LogP contribution in [0, 0.1) is 13.8 Å². The summed E-state index contributed by atoms with van der Waals surface area (Å²) in [5, 5.41) is 10.4. The summed E-state index contributed by atoms with van der Waals surface area (Å²) < 4.78 is 5.77. The van der Waals surface area contributed by atoms with Crippen LogP contribution in [0.2, 0.25) is 0 Å². The van der Waals surface area contributed by atoms with Gasteiger partial charge < -0.3 is 9.84 Å². The molecule has 0 aliphatic carbocycles. The summed E-state index contributed by atoms with van der Waals surface area (Å²) in [5.74, 6) is 0.839. The predicted octanol–water partition coefficient (Wildman–Crippen LogP) is 3.95. The molecule has 0 fully saturated rings. The van der Waals surface area contributed by atoms with Gasteiger partial charge in [0, 0.05) is 19.1 Å². The molecule has 0 unspecified atom stereocenters. The van der Waals surface area contributed by atoms with E-state index >= 15 is 0 Å². The van der Waals surface area contributed by atoms with Crippen LogP contribution in [0.15, 0.2) is 48.5 Å². The summed E-state index contributed by atoms with van der Waals surface area (Å²) in [6, 6.07) is 16.8. The highest BCUT2D eigenvalue weighted by molar-refractivity contribution is 5.31. The normalized spacial score (nSPS) is 12.6. The summed E-state index contributed by atoms with van der Waals surface area (Å²) in [6.45, 7) is 10.2. The topological polar surface area (TPSA) is 32.7 Å². The predicted molar refractivity (Wildman–Crippen MR) is 99.4 cm³/mol. The fourth-order valence-electron chi connectivity index (χ4n) is 2.61. The number of hydrogen-bond donors (Lipinski definition) is 1. The van der Waals surface area contributed by atoms with Crippen molar-refractivity contribution < 1.29 is 9.84 Å². The Balaban J connectivity index is 1.89. The van der Waals surface area contributed by atoms with Gasteiger partial charge in [0.25, 0.3) is 0 Å². The van der Waals surface area contributed by atoms with Crippen molar-refractivity contribution in [2.24, 2.45) is 0 Å². The Bertz CT molecular complexity index is 622. The highest BCUT2D eigenvalue weighted by Gasteiger charge is 2.16. The molecular formula is C21H29NO2. The molecule has 3 nitrogen and oxygen atoms in total. The fraction of sp³-hybridized carbons (Fsp3) is 0.429. The van der Waals surface area contributed by atoms with Crippen LogP contribution in [-0.4, -0.2) is 35.3 Å². The molecule has 3 heteroatoms. The summed E-state index contributed by atoms with van der Waals surface area (Å²) in [4.78, 5) is 2.27. The average molecular weight is 327 g/mol. The van der Waals surface area contributed by atoms with Crippen molar-refractivity contribution in [2.75, 3.05) is 13.2 Å². The number of benzene rings is 2. The van der Waals surface area contributed by atoms with Gasteiger partial charge in [0.05, 0.1) is 0 Å². The maximum atomic E-state index is 10.4. The standard InChI is InChI=1S/C21H29NO2/c1-16(2)22(13-19-11-9-17(3)10-12-19)14-20(23)15-24-21-8-6-5-7-18(21)4/h5-12,16,20,23H,13-15H2,1-4H3/t20-/m1/s1. The summed E-state index contributed by atoms with van der Waals surface area (Å²) >= 11 is 0. The number of nitrogens with zero attached hydrogens (tertiary/aromatic N) is 1. The highest BCUT2D eigenvalue weighted by Crippen LogP contribution is 2.17. The lowest BCUT2D eigenvalue weighted by Crippen LogP contribution is -2.39. The Labute approximate surface area is 145 Å². The second-order valence-electron chi connectivity index (χ2n) is 6.74. The van der Waals surface area contributed by atoms with Gasteiger partial charge in [-0.2, -0.15) is 0 Å². The average Bonchev–Trinajstić information content (AvgIpc) is 2.55. The van der Waals surface area contributed by atoms with E-state index in [1.165, 1.54) is 11.1 Å². The Kier molecular flexibility index (Phi) is 6.83. The number of para-hydroxylation sites is 1. The van der Waals surface area contributed by atoms with Crippen LogP contribution in [0.3, 0.4) is 0 Å². The van der Waals surface area contributed by atoms with Crippen LogP contribution < -0.4 is 4.74 Å². The Morgan fingerprint density at radius 1 is 1.00 bits per heavy atom. The second-order valence-corrected chi connectivity index (χ2v) is 6.74. The van der Waals surface area contributed by atoms with E-state index in [-0.39, 0.29) is 0 Å². The molecule has 0 heterocycles. The molecule has 2 aromatic carbocycles. The zero-order chi connectivity index (χ0) is 17.5. The van der Waals surface area contributed by atoms with Gasteiger partial charge in [0.2, 0.25) is 0 Å². The number of aliphatic hydroxyl groups excluding tert-OH is 1. The van der Waals surface area contributed by atoms with E-state index in [0.717, 1.165) is 17.9 Å². The molecule has 0 aliphatic heterocycles. The van der Waals surface area contributed by atoms with Crippen molar-refractivity contribution in [3.63, 3.8) is 0 Å². The number of aryl methyl sites for hydroxylation is 2. The van der Waals surface area contributed by atoms with Gasteiger partial charge in [0.15, 0.2) is 0 Å². The van der Waals surface area contributed by atoms with E-state index in [4.69, 9.17) is 4.74 Å². The van der Waals surface area contributed by atoms with Crippen molar-refractivity contribution in [2.45, 2.75) is 46.4 Å². The quantitative estimate of drug-likeness (QED) is 0.797. The molecule has 0 aliphatic rings. The van der Waals surface area contributed by atoms with Crippen LogP contribution in [0.25, 0.3) is 0 Å². The molecule has 0 amide bonds. The zero-order valence-corrected chi connectivity index (χ0v) is 15.2. The smallest absolute Gasteiger partial charge is 0.122 e. The Morgan fingerprint density at radius 2 is 1.67 bits per heavy atom. The number of ether oxygens (including phenoxy) is 1. The molecule has 130 valence electrons. The van der Waals surface area contributed by atoms with Crippen molar-refractivity contribution in [3.8, 4) is 5.75 Å². The van der Waals surface area contributed by atoms with E-state index < -0.39 is 6.10 Å². The third-order valence-corrected chi connectivity index (χ3v) is 4.21. The second kappa shape index (κ2) is 8.86. The number of aliphatic hydroxyl groups is 1. The van der Waals surface area contributed by atoms with Crippen LogP contribution in [0.5, 0.6) is 5.75 Å². The van der Waals surface area contributed by atoms with Crippen LogP contribution >= 0.6 is 0 Å². The molecule has 0 radical (unpaired) electrons. The monoisotopic (exact) mass is 327 g/mol. The van der Waals surface area contributed by atoms with Crippen molar-refractivity contribution >= 4 is 0 Å². The minimum Gasteiger partial charge on any atom is -0.491 e. The molecule has 0 saturated carbocycles. The molecule has 0 saturated heterocycles. The van der Waals surface area contributed by atoms with Gasteiger partial charge in [-0.3, -0.25) is 4.90 Å². The lowest BCUT2D eigenvalue weighted by Gasteiger charge is -2.29. The largest absolute Gasteiger partial charge is 0.491 e. The third kappa shape index (κ3) is 5.66. The molecule has 0 bridgehead atoms. The van der Waals surface area contributed by atoms with E-state index in [1.807, 2.05) is 31.2 Å². The summed E-state index contributed by atoms with van der Waals surface area (Å²) in [6.07, 6.45) is -0.516. The molecule has 0 aromatic heterocycles. The van der Waals surface area contributed by atoms with Crippen LogP contribution in [-0.2, 0) is 6.54 Å². The van der Waals surface area contributed by atoms with Gasteiger partial charge in [-0.05, 0) is 44.9 Å². The lowest BCUT2D eigenvalue weighted by molar-refractivity contribution is 0.0541. The first kappa shape index (κ1) is 18.5. The summed E-state index contributed by atoms with van der Waals surface area (Å²) in [7, 11) is 0. The number of rotatable bonds is 8. The minimum absolute atomic E-state index is 0.308. The van der Waals surface area contributed by atoms with E-state index in [9.17, 15) is 5.11 Å². The Morgan fingerprint density at radius 3 is 2.29 bits per heavy atom. The van der Waals surface area contributed by atoms with E-state index in [1.54, 1.807) is 0 Å². The van der Waals surface area contributed by atoms with Gasteiger partial charge in [-0.1, -0.05) is 48.0 Å². The van der Waals surface area contributed by atoms with Gasteiger partial charge in [0.1, 0.15) is 18.5 Å². The van der Waals surface area contributed by atoms with Crippen molar-refractivity contribution in [1.29, 1.82) is 0 Å².